The van der Waals surface area contributed by atoms with E-state index in [1.807, 2.05) is 19.1 Å². The molecule has 1 aliphatic rings. The number of aliphatic hydroxyl groups excluding tert-OH is 1. The van der Waals surface area contributed by atoms with E-state index in [-0.39, 0.29) is 18.4 Å². The van der Waals surface area contributed by atoms with Crippen LogP contribution >= 0.6 is 0 Å². The summed E-state index contributed by atoms with van der Waals surface area (Å²) in [5.41, 5.74) is 3.27. The van der Waals surface area contributed by atoms with Gasteiger partial charge in [0.2, 0.25) is 10.0 Å². The minimum Gasteiger partial charge on any atom is -0.508 e. The number of benzene rings is 3. The third-order valence-corrected chi connectivity index (χ3v) is 8.60. The zero-order chi connectivity index (χ0) is 27.0. The molecule has 1 fully saturated rings. The summed E-state index contributed by atoms with van der Waals surface area (Å²) in [6.07, 6.45) is 1.72. The monoisotopic (exact) mass is 539 g/mol. The van der Waals surface area contributed by atoms with Crippen molar-refractivity contribution in [2.24, 2.45) is 0 Å². The summed E-state index contributed by atoms with van der Waals surface area (Å²) in [6, 6.07) is 22.0. The molecule has 1 aliphatic heterocycles. The maximum Gasteiger partial charge on any atom is 0.243 e. The molecule has 0 amide bonds. The van der Waals surface area contributed by atoms with Crippen molar-refractivity contribution in [3.8, 4) is 11.5 Å². The molecule has 0 unspecified atom stereocenters. The van der Waals surface area contributed by atoms with Crippen molar-refractivity contribution in [2.45, 2.75) is 43.2 Å². The molecule has 0 bridgehead atoms. The molecule has 1 saturated heterocycles. The fraction of sp³-hybridized carbons (Fsp3) is 0.379. The SMILES string of the molecule is Cc1ccc(S(=O)(=O)N2CCC(Nc3ccc(CCNC[C@@H](O)COc4ccc(O)cc4)cc3)CC2)cc1. The highest BCUT2D eigenvalue weighted by Crippen LogP contribution is 2.23. The Morgan fingerprint density at radius 3 is 2.29 bits per heavy atom. The number of ether oxygens (including phenoxy) is 1. The second-order valence-electron chi connectivity index (χ2n) is 9.75. The molecular weight excluding hydrogens is 502 g/mol. The minimum atomic E-state index is -3.45. The lowest BCUT2D eigenvalue weighted by atomic mass is 10.1. The van der Waals surface area contributed by atoms with Crippen molar-refractivity contribution in [3.63, 3.8) is 0 Å². The highest BCUT2D eigenvalue weighted by Gasteiger charge is 2.29. The number of hydrogen-bond acceptors (Lipinski definition) is 7. The first kappa shape index (κ1) is 27.9. The number of nitrogens with zero attached hydrogens (tertiary/aromatic N) is 1. The van der Waals surface area contributed by atoms with Crippen molar-refractivity contribution in [1.29, 1.82) is 0 Å². The number of rotatable bonds is 12. The number of aliphatic hydroxyl groups is 1. The molecule has 0 aliphatic carbocycles. The largest absolute Gasteiger partial charge is 0.508 e. The van der Waals surface area contributed by atoms with Gasteiger partial charge < -0.3 is 25.6 Å². The summed E-state index contributed by atoms with van der Waals surface area (Å²) in [6.45, 7) is 4.29. The van der Waals surface area contributed by atoms with E-state index in [1.165, 1.54) is 5.56 Å². The third kappa shape index (κ3) is 7.94. The van der Waals surface area contributed by atoms with E-state index >= 15 is 0 Å². The van der Waals surface area contributed by atoms with Crippen LogP contribution in [0.3, 0.4) is 0 Å². The lowest BCUT2D eigenvalue weighted by Gasteiger charge is -2.32. The van der Waals surface area contributed by atoms with Crippen molar-refractivity contribution < 1.29 is 23.4 Å². The van der Waals surface area contributed by atoms with E-state index in [4.69, 9.17) is 4.74 Å². The highest BCUT2D eigenvalue weighted by atomic mass is 32.2. The molecule has 4 N–H and O–H groups in total. The topological polar surface area (TPSA) is 111 Å². The van der Waals surface area contributed by atoms with Gasteiger partial charge in [-0.1, -0.05) is 29.8 Å². The van der Waals surface area contributed by atoms with Crippen molar-refractivity contribution in [1.82, 2.24) is 9.62 Å². The summed E-state index contributed by atoms with van der Waals surface area (Å²) >= 11 is 0. The molecule has 3 aromatic rings. The molecule has 4 rings (SSSR count). The number of aryl methyl sites for hydroxylation is 1. The van der Waals surface area contributed by atoms with E-state index in [0.29, 0.717) is 30.3 Å². The molecule has 9 heteroatoms. The van der Waals surface area contributed by atoms with Crippen molar-refractivity contribution in [2.75, 3.05) is 38.1 Å². The Bertz CT molecular complexity index is 1240. The van der Waals surface area contributed by atoms with Crippen LogP contribution in [0.4, 0.5) is 5.69 Å². The van der Waals surface area contributed by atoms with Gasteiger partial charge in [0.05, 0.1) is 4.90 Å². The maximum atomic E-state index is 12.9. The van der Waals surface area contributed by atoms with Gasteiger partial charge in [-0.15, -0.1) is 0 Å². The van der Waals surface area contributed by atoms with Crippen LogP contribution in [-0.4, -0.2) is 67.9 Å². The molecule has 8 nitrogen and oxygen atoms in total. The van der Waals surface area contributed by atoms with E-state index in [2.05, 4.69) is 34.9 Å². The summed E-state index contributed by atoms with van der Waals surface area (Å²) in [5.74, 6) is 0.782. The minimum absolute atomic E-state index is 0.176. The number of hydrogen-bond donors (Lipinski definition) is 4. The lowest BCUT2D eigenvalue weighted by molar-refractivity contribution is 0.106. The average Bonchev–Trinajstić information content (AvgIpc) is 2.92. The maximum absolute atomic E-state index is 12.9. The molecule has 38 heavy (non-hydrogen) atoms. The number of sulfonamides is 1. The van der Waals surface area contributed by atoms with Gasteiger partial charge in [0.25, 0.3) is 0 Å². The summed E-state index contributed by atoms with van der Waals surface area (Å²) in [5, 5.41) is 26.2. The second kappa shape index (κ2) is 13.1. The van der Waals surface area contributed by atoms with Gasteiger partial charge in [0, 0.05) is 31.4 Å². The Labute approximate surface area is 225 Å². The van der Waals surface area contributed by atoms with E-state index in [0.717, 1.165) is 37.1 Å². The van der Waals surface area contributed by atoms with Crippen LogP contribution in [0.5, 0.6) is 11.5 Å². The van der Waals surface area contributed by atoms with Gasteiger partial charge in [-0.3, -0.25) is 0 Å². The van der Waals surface area contributed by atoms with Crippen molar-refractivity contribution >= 4 is 15.7 Å². The first-order valence-electron chi connectivity index (χ1n) is 13.0. The van der Waals surface area contributed by atoms with E-state index in [1.54, 1.807) is 40.7 Å². The molecule has 0 saturated carbocycles. The fourth-order valence-electron chi connectivity index (χ4n) is 4.40. The van der Waals surface area contributed by atoms with Crippen molar-refractivity contribution in [3.05, 3.63) is 83.9 Å². The number of piperidine rings is 1. The number of phenols is 1. The summed E-state index contributed by atoms with van der Waals surface area (Å²) in [4.78, 5) is 0.358. The van der Waals surface area contributed by atoms with Crippen LogP contribution in [0, 0.1) is 6.92 Å². The van der Waals surface area contributed by atoms with E-state index in [9.17, 15) is 18.6 Å². The van der Waals surface area contributed by atoms with Crippen LogP contribution in [-0.2, 0) is 16.4 Å². The number of nitrogens with one attached hydrogen (secondary N) is 2. The van der Waals surface area contributed by atoms with Gasteiger partial charge in [-0.2, -0.15) is 4.31 Å². The Kier molecular flexibility index (Phi) is 9.63. The first-order chi connectivity index (χ1) is 18.3. The van der Waals surface area contributed by atoms with Crippen LogP contribution in [0.1, 0.15) is 24.0 Å². The van der Waals surface area contributed by atoms with Gasteiger partial charge in [-0.05, 0) is 86.8 Å². The highest BCUT2D eigenvalue weighted by molar-refractivity contribution is 7.89. The van der Waals surface area contributed by atoms with Crippen LogP contribution in [0.25, 0.3) is 0 Å². The van der Waals surface area contributed by atoms with Gasteiger partial charge >= 0.3 is 0 Å². The quantitative estimate of drug-likeness (QED) is 0.261. The van der Waals surface area contributed by atoms with Gasteiger partial charge in [-0.25, -0.2) is 8.42 Å². The molecular formula is C29H37N3O5S. The lowest BCUT2D eigenvalue weighted by Crippen LogP contribution is -2.42. The standard InChI is InChI=1S/C29H37N3O5S/c1-22-2-12-29(13-3-22)38(35,36)32-18-15-25(16-19-32)31-24-6-4-23(5-7-24)14-17-30-20-27(34)21-37-28-10-8-26(33)9-11-28/h2-13,25,27,30-31,33-34H,14-21H2,1H3/t27-/m1/s1. The van der Waals surface area contributed by atoms with Crippen LogP contribution in [0.15, 0.2) is 77.7 Å². The third-order valence-electron chi connectivity index (χ3n) is 6.69. The Morgan fingerprint density at radius 2 is 1.63 bits per heavy atom. The zero-order valence-corrected chi connectivity index (χ0v) is 22.5. The van der Waals surface area contributed by atoms with Gasteiger partial charge in [0.15, 0.2) is 0 Å². The molecule has 1 heterocycles. The Morgan fingerprint density at radius 1 is 0.974 bits per heavy atom. The Balaban J connectivity index is 1.13. The Hall–Kier alpha value is -3.11. The zero-order valence-electron chi connectivity index (χ0n) is 21.7. The van der Waals surface area contributed by atoms with Crippen LogP contribution < -0.4 is 15.4 Å². The summed E-state index contributed by atoms with van der Waals surface area (Å²) in [7, 11) is -3.45. The fourth-order valence-corrected chi connectivity index (χ4v) is 5.87. The smallest absolute Gasteiger partial charge is 0.243 e. The average molecular weight is 540 g/mol. The van der Waals surface area contributed by atoms with Crippen LogP contribution in [0.2, 0.25) is 0 Å². The first-order valence-corrected chi connectivity index (χ1v) is 14.5. The number of phenolic OH excluding ortho intramolecular Hbond substituents is 1. The predicted octanol–water partition coefficient (Wildman–Crippen LogP) is 3.54. The molecule has 204 valence electrons. The molecule has 1 atom stereocenters. The summed E-state index contributed by atoms with van der Waals surface area (Å²) < 4.78 is 32.9. The molecule has 0 aromatic heterocycles. The van der Waals surface area contributed by atoms with E-state index < -0.39 is 16.1 Å². The normalized spacial score (nSPS) is 15.7. The molecule has 3 aromatic carbocycles. The second-order valence-corrected chi connectivity index (χ2v) is 11.7. The number of aromatic hydroxyl groups is 1. The number of anilines is 1. The molecule has 0 spiro atoms. The predicted molar refractivity (Wildman–Crippen MR) is 149 cm³/mol. The molecule has 0 radical (unpaired) electrons. The van der Waals surface area contributed by atoms with Gasteiger partial charge in [0.1, 0.15) is 24.2 Å².